The maximum atomic E-state index is 3.51. The lowest BCUT2D eigenvalue weighted by atomic mass is 10.2. The van der Waals surface area contributed by atoms with Crippen molar-refractivity contribution in [3.8, 4) is 0 Å². The summed E-state index contributed by atoms with van der Waals surface area (Å²) in [6, 6.07) is 19.0. The molecule has 0 N–H and O–H groups in total. The zero-order valence-corrected chi connectivity index (χ0v) is 12.2. The lowest BCUT2D eigenvalue weighted by molar-refractivity contribution is 1.15. The number of benzene rings is 2. The van der Waals surface area contributed by atoms with Crippen molar-refractivity contribution in [3.63, 3.8) is 0 Å². The van der Waals surface area contributed by atoms with Crippen LogP contribution in [0.25, 0.3) is 0 Å². The van der Waals surface area contributed by atoms with Crippen LogP contribution in [-0.4, -0.2) is 11.9 Å². The van der Waals surface area contributed by atoms with E-state index in [9.17, 15) is 0 Å². The summed E-state index contributed by atoms with van der Waals surface area (Å²) >= 11 is 5.27. The van der Waals surface area contributed by atoms with Crippen LogP contribution in [0.3, 0.4) is 0 Å². The molecule has 2 nitrogen and oxygen atoms in total. The molecule has 0 aliphatic carbocycles. The van der Waals surface area contributed by atoms with Crippen LogP contribution in [0.4, 0.5) is 17.1 Å². The second-order valence-electron chi connectivity index (χ2n) is 3.99. The van der Waals surface area contributed by atoms with Gasteiger partial charge in [-0.2, -0.15) is 0 Å². The summed E-state index contributed by atoms with van der Waals surface area (Å²) in [4.78, 5) is 0. The fraction of sp³-hybridized carbons (Fsp3) is 0.143. The number of hydrogen-bond acceptors (Lipinski definition) is 3. The van der Waals surface area contributed by atoms with Crippen LogP contribution in [0.1, 0.15) is 0 Å². The smallest absolute Gasteiger partial charge is 0.0784 e. The van der Waals surface area contributed by atoms with Crippen LogP contribution in [0.15, 0.2) is 54.6 Å². The van der Waals surface area contributed by atoms with Gasteiger partial charge in [0.1, 0.15) is 0 Å². The quantitative estimate of drug-likeness (QED) is 0.602. The van der Waals surface area contributed by atoms with Crippen molar-refractivity contribution >= 4 is 45.1 Å². The van der Waals surface area contributed by atoms with Gasteiger partial charge in [0.2, 0.25) is 0 Å². The second-order valence-corrected chi connectivity index (χ2v) is 5.75. The number of para-hydroxylation sites is 3. The molecule has 1 aliphatic heterocycles. The predicted octanol–water partition coefficient (Wildman–Crippen LogP) is 4.60. The highest BCUT2D eigenvalue weighted by Crippen LogP contribution is 2.48. The van der Waals surface area contributed by atoms with Crippen LogP contribution in [0.5, 0.6) is 0 Å². The molecule has 2 aromatic carbocycles. The van der Waals surface area contributed by atoms with Gasteiger partial charge in [0.05, 0.1) is 29.2 Å². The molecule has 0 unspecified atom stereocenters. The molecule has 0 fully saturated rings. The van der Waals surface area contributed by atoms with Crippen molar-refractivity contribution in [3.05, 3.63) is 54.6 Å². The van der Waals surface area contributed by atoms with Gasteiger partial charge < -0.3 is 0 Å². The van der Waals surface area contributed by atoms with Crippen LogP contribution in [0.2, 0.25) is 0 Å². The van der Waals surface area contributed by atoms with Gasteiger partial charge in [0.15, 0.2) is 0 Å². The number of nitrogens with zero attached hydrogens (tertiary/aromatic N) is 2. The summed E-state index contributed by atoms with van der Waals surface area (Å²) in [6.45, 7) is 0.991. The summed E-state index contributed by atoms with van der Waals surface area (Å²) in [5.41, 5.74) is 3.76. The van der Waals surface area contributed by atoms with E-state index in [4.69, 9.17) is 0 Å². The van der Waals surface area contributed by atoms with E-state index >= 15 is 0 Å². The van der Waals surface area contributed by atoms with Crippen LogP contribution in [-0.2, 0) is 0 Å². The van der Waals surface area contributed by atoms with Crippen LogP contribution >= 0.6 is 28.1 Å². The molecule has 1 aliphatic rings. The zero-order valence-electron chi connectivity index (χ0n) is 9.79. The predicted molar refractivity (Wildman–Crippen MR) is 83.8 cm³/mol. The maximum absolute atomic E-state index is 3.51. The standard InChI is InChI=1S/C14H13BrN2S/c15-10-11-16-13-8-4-5-9-14(13)17(18-16)12-6-2-1-3-7-12/h1-9H,10-11H2. The third-order valence-corrected chi connectivity index (χ3v) is 4.33. The van der Waals surface area contributed by atoms with Crippen molar-refractivity contribution in [2.24, 2.45) is 0 Å². The van der Waals surface area contributed by atoms with E-state index in [2.05, 4.69) is 73.1 Å². The van der Waals surface area contributed by atoms with E-state index in [0.717, 1.165) is 11.9 Å². The fourth-order valence-corrected chi connectivity index (χ4v) is 3.68. The first-order valence-corrected chi connectivity index (χ1v) is 7.71. The SMILES string of the molecule is BrCCN1SN(c2ccccc2)c2ccccc21. The highest BCUT2D eigenvalue weighted by Gasteiger charge is 2.27. The lowest BCUT2D eigenvalue weighted by Crippen LogP contribution is -2.15. The van der Waals surface area contributed by atoms with E-state index < -0.39 is 0 Å². The van der Waals surface area contributed by atoms with Gasteiger partial charge in [-0.05, 0) is 24.3 Å². The maximum Gasteiger partial charge on any atom is 0.0784 e. The van der Waals surface area contributed by atoms with Gasteiger partial charge in [0.25, 0.3) is 0 Å². The molecule has 0 radical (unpaired) electrons. The first-order chi connectivity index (χ1) is 8.90. The van der Waals surface area contributed by atoms with E-state index in [1.165, 1.54) is 17.1 Å². The molecule has 92 valence electrons. The molecule has 0 spiro atoms. The third-order valence-electron chi connectivity index (χ3n) is 2.83. The van der Waals surface area contributed by atoms with Gasteiger partial charge in [-0.15, -0.1) is 0 Å². The minimum Gasteiger partial charge on any atom is -0.295 e. The number of hydrogen-bond donors (Lipinski definition) is 0. The summed E-state index contributed by atoms with van der Waals surface area (Å²) in [5, 5.41) is 0.969. The first kappa shape index (κ1) is 11.9. The molecule has 1 heterocycles. The monoisotopic (exact) mass is 320 g/mol. The topological polar surface area (TPSA) is 6.48 Å². The Bertz CT molecular complexity index is 532. The molecule has 18 heavy (non-hydrogen) atoms. The Hall–Kier alpha value is -1.13. The van der Waals surface area contributed by atoms with Crippen molar-refractivity contribution in [1.29, 1.82) is 0 Å². The number of fused-ring (bicyclic) bond motifs is 1. The zero-order chi connectivity index (χ0) is 12.4. The molecule has 0 atom stereocenters. The Balaban J connectivity index is 1.99. The number of alkyl halides is 1. The summed E-state index contributed by atoms with van der Waals surface area (Å²) in [7, 11) is 0. The minimum absolute atomic E-state index is 0.969. The molecule has 2 aromatic rings. The minimum atomic E-state index is 0.969. The largest absolute Gasteiger partial charge is 0.295 e. The Kier molecular flexibility index (Phi) is 3.48. The normalized spacial score (nSPS) is 13.8. The molecule has 0 amide bonds. The molecule has 0 saturated carbocycles. The van der Waals surface area contributed by atoms with Crippen LogP contribution < -0.4 is 8.61 Å². The van der Waals surface area contributed by atoms with E-state index in [1.807, 2.05) is 6.07 Å². The van der Waals surface area contributed by atoms with Crippen molar-refractivity contribution in [2.45, 2.75) is 0 Å². The highest BCUT2D eigenvalue weighted by molar-refractivity contribution is 9.09. The van der Waals surface area contributed by atoms with E-state index in [0.29, 0.717) is 0 Å². The van der Waals surface area contributed by atoms with Gasteiger partial charge >= 0.3 is 0 Å². The van der Waals surface area contributed by atoms with E-state index in [1.54, 1.807) is 12.1 Å². The average Bonchev–Trinajstić information content (AvgIpc) is 2.80. The van der Waals surface area contributed by atoms with Gasteiger partial charge in [-0.3, -0.25) is 8.61 Å². The number of rotatable bonds is 3. The number of halogens is 1. The average molecular weight is 321 g/mol. The second kappa shape index (κ2) is 5.24. The molecule has 4 heteroatoms. The molecule has 0 bridgehead atoms. The van der Waals surface area contributed by atoms with Gasteiger partial charge in [-0.25, -0.2) is 0 Å². The van der Waals surface area contributed by atoms with Crippen LogP contribution in [0, 0.1) is 0 Å². The molecular formula is C14H13BrN2S. The summed E-state index contributed by atoms with van der Waals surface area (Å²) in [6.07, 6.45) is 0. The Labute approximate surface area is 120 Å². The number of anilines is 3. The highest BCUT2D eigenvalue weighted by atomic mass is 79.9. The Morgan fingerprint density at radius 1 is 0.889 bits per heavy atom. The molecule has 3 rings (SSSR count). The summed E-state index contributed by atoms with van der Waals surface area (Å²) in [5.74, 6) is 0. The first-order valence-electron chi connectivity index (χ1n) is 5.86. The van der Waals surface area contributed by atoms with E-state index in [-0.39, 0.29) is 0 Å². The fourth-order valence-electron chi connectivity index (χ4n) is 2.02. The van der Waals surface area contributed by atoms with Gasteiger partial charge in [-0.1, -0.05) is 46.3 Å². The van der Waals surface area contributed by atoms with Crippen molar-refractivity contribution in [2.75, 3.05) is 20.5 Å². The molecular weight excluding hydrogens is 308 g/mol. The molecule has 0 saturated heterocycles. The van der Waals surface area contributed by atoms with Gasteiger partial charge in [0, 0.05) is 11.9 Å². The summed E-state index contributed by atoms with van der Waals surface area (Å²) < 4.78 is 4.59. The third kappa shape index (κ3) is 2.10. The Morgan fingerprint density at radius 2 is 1.56 bits per heavy atom. The van der Waals surface area contributed by atoms with Crippen molar-refractivity contribution in [1.82, 2.24) is 0 Å². The molecule has 0 aromatic heterocycles. The lowest BCUT2D eigenvalue weighted by Gasteiger charge is -2.18. The Morgan fingerprint density at radius 3 is 2.28 bits per heavy atom. The van der Waals surface area contributed by atoms with Crippen molar-refractivity contribution < 1.29 is 0 Å².